The fraction of sp³-hybridized carbons (Fsp3) is 0.238. The minimum Gasteiger partial charge on any atom is -0.508 e. The van der Waals surface area contributed by atoms with Gasteiger partial charge in [0.25, 0.3) is 5.91 Å². The summed E-state index contributed by atoms with van der Waals surface area (Å²) < 4.78 is 0. The summed E-state index contributed by atoms with van der Waals surface area (Å²) in [6.07, 6.45) is 1.62. The van der Waals surface area contributed by atoms with Crippen LogP contribution in [-0.4, -0.2) is 57.3 Å². The normalized spacial score (nSPS) is 19.3. The van der Waals surface area contributed by atoms with Crippen LogP contribution in [0.5, 0.6) is 11.5 Å². The van der Waals surface area contributed by atoms with Crippen molar-refractivity contribution in [2.45, 2.75) is 6.54 Å². The molecule has 0 aliphatic carbocycles. The van der Waals surface area contributed by atoms with E-state index in [-0.39, 0.29) is 17.4 Å². The highest BCUT2D eigenvalue weighted by Crippen LogP contribution is 2.33. The zero-order chi connectivity index (χ0) is 19.5. The van der Waals surface area contributed by atoms with E-state index in [0.717, 1.165) is 32.7 Å². The lowest BCUT2D eigenvalue weighted by Crippen LogP contribution is -2.47. The summed E-state index contributed by atoms with van der Waals surface area (Å²) in [6, 6.07) is 14.7. The van der Waals surface area contributed by atoms with Gasteiger partial charge in [0.1, 0.15) is 11.5 Å². The molecule has 2 aliphatic rings. The molecular formula is C21H21N3O3S. The number of nitrogens with zero attached hydrogens (tertiary/aromatic N) is 3. The fourth-order valence-electron chi connectivity index (χ4n) is 3.27. The molecule has 0 saturated carbocycles. The topological polar surface area (TPSA) is 76.4 Å². The smallest absolute Gasteiger partial charge is 0.286 e. The maximum atomic E-state index is 12.3. The number of carbonyl (C=O) groups is 1. The monoisotopic (exact) mass is 395 g/mol. The number of aromatic hydroxyl groups is 2. The molecule has 4 rings (SSSR count). The minimum absolute atomic E-state index is 0.0182. The number of rotatable bonds is 3. The van der Waals surface area contributed by atoms with Crippen molar-refractivity contribution in [2.24, 2.45) is 4.99 Å². The van der Waals surface area contributed by atoms with E-state index in [2.05, 4.69) is 39.1 Å². The Morgan fingerprint density at radius 3 is 2.50 bits per heavy atom. The molecule has 0 unspecified atom stereocenters. The molecule has 6 nitrogen and oxygen atoms in total. The Bertz CT molecular complexity index is 935. The van der Waals surface area contributed by atoms with Crippen LogP contribution in [0.25, 0.3) is 6.08 Å². The predicted octanol–water partition coefficient (Wildman–Crippen LogP) is 2.89. The molecule has 144 valence electrons. The number of amidine groups is 1. The van der Waals surface area contributed by atoms with Gasteiger partial charge in [-0.3, -0.25) is 9.69 Å². The minimum atomic E-state index is -0.292. The van der Waals surface area contributed by atoms with E-state index in [4.69, 9.17) is 0 Å². The molecule has 0 spiro atoms. The van der Waals surface area contributed by atoms with E-state index in [9.17, 15) is 15.0 Å². The summed E-state index contributed by atoms with van der Waals surface area (Å²) in [4.78, 5) is 21.5. The summed E-state index contributed by atoms with van der Waals surface area (Å²) in [5, 5.41) is 20.0. The Balaban J connectivity index is 1.37. The molecule has 0 aromatic heterocycles. The second-order valence-corrected chi connectivity index (χ2v) is 7.81. The summed E-state index contributed by atoms with van der Waals surface area (Å²) in [5.41, 5.74) is 1.79. The van der Waals surface area contributed by atoms with Crippen LogP contribution in [0.15, 0.2) is 58.4 Å². The maximum absolute atomic E-state index is 12.3. The van der Waals surface area contributed by atoms with Crippen LogP contribution >= 0.6 is 11.8 Å². The molecule has 28 heavy (non-hydrogen) atoms. The van der Waals surface area contributed by atoms with Crippen LogP contribution in [0.1, 0.15) is 11.1 Å². The van der Waals surface area contributed by atoms with Crippen LogP contribution in [0.3, 0.4) is 0 Å². The zero-order valence-corrected chi connectivity index (χ0v) is 16.1. The molecule has 2 aromatic carbocycles. The van der Waals surface area contributed by atoms with Gasteiger partial charge in [-0.1, -0.05) is 30.3 Å². The number of hydrogen-bond acceptors (Lipinski definition) is 6. The van der Waals surface area contributed by atoms with Crippen molar-refractivity contribution in [1.29, 1.82) is 0 Å². The number of piperazine rings is 1. The van der Waals surface area contributed by atoms with Gasteiger partial charge in [0.05, 0.1) is 4.91 Å². The number of aliphatic imine (C=N–C) groups is 1. The van der Waals surface area contributed by atoms with Gasteiger partial charge in [-0.05, 0) is 35.5 Å². The van der Waals surface area contributed by atoms with E-state index in [1.165, 1.54) is 29.5 Å². The van der Waals surface area contributed by atoms with Crippen molar-refractivity contribution in [1.82, 2.24) is 9.80 Å². The lowest BCUT2D eigenvalue weighted by Gasteiger charge is -2.35. The third-order valence-electron chi connectivity index (χ3n) is 4.80. The number of hydrogen-bond donors (Lipinski definition) is 2. The first kappa shape index (κ1) is 18.6. The fourth-order valence-corrected chi connectivity index (χ4v) is 4.22. The van der Waals surface area contributed by atoms with E-state index < -0.39 is 0 Å². The number of thioether (sulfide) groups is 1. The van der Waals surface area contributed by atoms with Crippen molar-refractivity contribution in [2.75, 3.05) is 26.2 Å². The van der Waals surface area contributed by atoms with Crippen molar-refractivity contribution < 1.29 is 15.0 Å². The molecule has 1 amide bonds. The van der Waals surface area contributed by atoms with Crippen LogP contribution in [0.4, 0.5) is 0 Å². The maximum Gasteiger partial charge on any atom is 0.286 e. The SMILES string of the molecule is O=C1N=C(N2CCN(Cc3ccccc3)CC2)S/C1=C/c1ccc(O)cc1O. The second-order valence-electron chi connectivity index (χ2n) is 6.80. The largest absolute Gasteiger partial charge is 0.508 e. The first-order valence-electron chi connectivity index (χ1n) is 9.14. The van der Waals surface area contributed by atoms with Crippen molar-refractivity contribution in [3.63, 3.8) is 0 Å². The van der Waals surface area contributed by atoms with Gasteiger partial charge in [0.2, 0.25) is 0 Å². The highest BCUT2D eigenvalue weighted by Gasteiger charge is 2.28. The number of phenolic OH excluding ortho intramolecular Hbond substituents is 2. The molecule has 0 atom stereocenters. The molecule has 0 bridgehead atoms. The van der Waals surface area contributed by atoms with Gasteiger partial charge < -0.3 is 15.1 Å². The van der Waals surface area contributed by atoms with Crippen molar-refractivity contribution in [3.05, 3.63) is 64.6 Å². The quantitative estimate of drug-likeness (QED) is 0.779. The summed E-state index contributed by atoms with van der Waals surface area (Å²) in [5.74, 6) is -0.376. The molecule has 2 aromatic rings. The average Bonchev–Trinajstić information content (AvgIpc) is 3.06. The van der Waals surface area contributed by atoms with E-state index in [1.54, 1.807) is 12.1 Å². The highest BCUT2D eigenvalue weighted by molar-refractivity contribution is 8.18. The van der Waals surface area contributed by atoms with Gasteiger partial charge in [-0.2, -0.15) is 4.99 Å². The Kier molecular flexibility index (Phi) is 5.36. The van der Waals surface area contributed by atoms with E-state index in [0.29, 0.717) is 15.6 Å². The molecule has 2 heterocycles. The summed E-state index contributed by atoms with van der Waals surface area (Å²) >= 11 is 1.33. The van der Waals surface area contributed by atoms with Crippen molar-refractivity contribution >= 4 is 28.9 Å². The number of carbonyl (C=O) groups excluding carboxylic acids is 1. The zero-order valence-electron chi connectivity index (χ0n) is 15.3. The third kappa shape index (κ3) is 4.21. The Hall–Kier alpha value is -2.77. The van der Waals surface area contributed by atoms with Crippen LogP contribution in [0, 0.1) is 0 Å². The Labute approximate surface area is 167 Å². The molecule has 1 saturated heterocycles. The van der Waals surface area contributed by atoms with Crippen LogP contribution in [0.2, 0.25) is 0 Å². The first-order valence-corrected chi connectivity index (χ1v) is 9.96. The van der Waals surface area contributed by atoms with Gasteiger partial charge >= 0.3 is 0 Å². The molecule has 7 heteroatoms. The molecule has 2 N–H and O–H groups in total. The average molecular weight is 395 g/mol. The number of amides is 1. The third-order valence-corrected chi connectivity index (χ3v) is 5.85. The van der Waals surface area contributed by atoms with Gasteiger partial charge in [0.15, 0.2) is 5.17 Å². The molecule has 1 fully saturated rings. The predicted molar refractivity (Wildman–Crippen MR) is 111 cm³/mol. The summed E-state index contributed by atoms with van der Waals surface area (Å²) in [7, 11) is 0. The number of phenols is 2. The van der Waals surface area contributed by atoms with Gasteiger partial charge in [-0.25, -0.2) is 0 Å². The van der Waals surface area contributed by atoms with Crippen molar-refractivity contribution in [3.8, 4) is 11.5 Å². The molecule has 2 aliphatic heterocycles. The van der Waals surface area contributed by atoms with Crippen LogP contribution in [-0.2, 0) is 11.3 Å². The van der Waals surface area contributed by atoms with E-state index >= 15 is 0 Å². The number of benzene rings is 2. The van der Waals surface area contributed by atoms with Gasteiger partial charge in [-0.15, -0.1) is 0 Å². The standard InChI is InChI=1S/C21H21N3O3S/c25-17-7-6-16(18(26)13-17)12-19-20(27)22-21(28-19)24-10-8-23(9-11-24)14-15-4-2-1-3-5-15/h1-7,12-13,25-26H,8-11,14H2/b19-12+. The van der Waals surface area contributed by atoms with Gasteiger partial charge in [0, 0.05) is 44.4 Å². The molecule has 0 radical (unpaired) electrons. The highest BCUT2D eigenvalue weighted by atomic mass is 32.2. The Morgan fingerprint density at radius 1 is 1.04 bits per heavy atom. The lowest BCUT2D eigenvalue weighted by molar-refractivity contribution is -0.113. The second kappa shape index (κ2) is 8.08. The first-order chi connectivity index (χ1) is 13.6. The lowest BCUT2D eigenvalue weighted by atomic mass is 10.2. The van der Waals surface area contributed by atoms with E-state index in [1.807, 2.05) is 6.07 Å². The van der Waals surface area contributed by atoms with Crippen LogP contribution < -0.4 is 0 Å². The Morgan fingerprint density at radius 2 is 1.79 bits per heavy atom. The summed E-state index contributed by atoms with van der Waals surface area (Å²) in [6.45, 7) is 4.41. The molecular weight excluding hydrogens is 374 g/mol.